The molecule has 2 nitrogen and oxygen atoms in total. The van der Waals surface area contributed by atoms with Crippen LogP contribution in [0.1, 0.15) is 19.4 Å². The summed E-state index contributed by atoms with van der Waals surface area (Å²) in [6.07, 6.45) is 0. The van der Waals surface area contributed by atoms with Gasteiger partial charge in [-0.05, 0) is 56.8 Å². The minimum absolute atomic E-state index is 0.293. The van der Waals surface area contributed by atoms with Crippen molar-refractivity contribution in [2.24, 2.45) is 0 Å². The second-order valence-corrected chi connectivity index (χ2v) is 5.43. The smallest absolute Gasteiger partial charge is 0.178 e. The summed E-state index contributed by atoms with van der Waals surface area (Å²) in [6.45, 7) is 6.35. The molecule has 0 bridgehead atoms. The molecule has 0 heterocycles. The summed E-state index contributed by atoms with van der Waals surface area (Å²) < 4.78 is 0. The molecule has 2 aromatic carbocycles. The molecule has 0 radical (unpaired) electrons. The molecule has 0 spiro atoms. The Bertz CT molecular complexity index is 579. The number of rotatable bonds is 3. The van der Waals surface area contributed by atoms with Crippen LogP contribution >= 0.6 is 12.2 Å². The predicted molar refractivity (Wildman–Crippen MR) is 91.5 cm³/mol. The number of hydrogen-bond acceptors (Lipinski definition) is 1. The highest BCUT2D eigenvalue weighted by Gasteiger charge is 2.15. The Morgan fingerprint density at radius 1 is 1.00 bits per heavy atom. The van der Waals surface area contributed by atoms with E-state index >= 15 is 0 Å². The van der Waals surface area contributed by atoms with E-state index in [9.17, 15) is 0 Å². The molecule has 104 valence electrons. The first-order valence-corrected chi connectivity index (χ1v) is 7.21. The summed E-state index contributed by atoms with van der Waals surface area (Å²) in [4.78, 5) is 2.13. The van der Waals surface area contributed by atoms with Crippen molar-refractivity contribution in [3.05, 3.63) is 60.2 Å². The number of aryl methyl sites for hydroxylation is 1. The van der Waals surface area contributed by atoms with Gasteiger partial charge in [0.25, 0.3) is 0 Å². The minimum atomic E-state index is 0.293. The van der Waals surface area contributed by atoms with Crippen LogP contribution < -0.4 is 10.2 Å². The van der Waals surface area contributed by atoms with Gasteiger partial charge in [-0.2, -0.15) is 0 Å². The molecular formula is C17H20N2S. The summed E-state index contributed by atoms with van der Waals surface area (Å²) in [5.41, 5.74) is 3.35. The highest BCUT2D eigenvalue weighted by Crippen LogP contribution is 2.20. The normalized spacial score (nSPS) is 10.4. The van der Waals surface area contributed by atoms with Gasteiger partial charge in [0.1, 0.15) is 0 Å². The van der Waals surface area contributed by atoms with Crippen molar-refractivity contribution < 1.29 is 0 Å². The molecule has 3 heteroatoms. The molecule has 2 aromatic rings. The van der Waals surface area contributed by atoms with Crippen LogP contribution in [0.3, 0.4) is 0 Å². The molecule has 0 saturated heterocycles. The minimum Gasteiger partial charge on any atom is -0.332 e. The maximum Gasteiger partial charge on any atom is 0.178 e. The van der Waals surface area contributed by atoms with E-state index in [0.717, 1.165) is 16.5 Å². The van der Waals surface area contributed by atoms with Crippen molar-refractivity contribution >= 4 is 28.7 Å². The fraction of sp³-hybridized carbons (Fsp3) is 0.235. The SMILES string of the molecule is Cc1ccccc1NC(=S)N(c1ccccc1)C(C)C. The molecule has 0 saturated carbocycles. The molecule has 20 heavy (non-hydrogen) atoms. The monoisotopic (exact) mass is 284 g/mol. The summed E-state index contributed by atoms with van der Waals surface area (Å²) in [5, 5.41) is 4.07. The number of para-hydroxylation sites is 2. The Morgan fingerprint density at radius 2 is 1.60 bits per heavy atom. The molecule has 0 aromatic heterocycles. The lowest BCUT2D eigenvalue weighted by molar-refractivity contribution is 0.811. The summed E-state index contributed by atoms with van der Waals surface area (Å²) in [6, 6.07) is 18.7. The Kier molecular flexibility index (Phi) is 4.74. The number of nitrogens with zero attached hydrogens (tertiary/aromatic N) is 1. The number of anilines is 2. The van der Waals surface area contributed by atoms with Gasteiger partial charge in [-0.15, -0.1) is 0 Å². The molecule has 0 atom stereocenters. The van der Waals surface area contributed by atoms with Gasteiger partial charge < -0.3 is 10.2 Å². The van der Waals surface area contributed by atoms with Crippen LogP contribution in [0.4, 0.5) is 11.4 Å². The van der Waals surface area contributed by atoms with Gasteiger partial charge in [0.2, 0.25) is 0 Å². The van der Waals surface area contributed by atoms with E-state index in [1.54, 1.807) is 0 Å². The van der Waals surface area contributed by atoms with Crippen LogP contribution in [0.25, 0.3) is 0 Å². The molecule has 0 aliphatic carbocycles. The number of thiocarbonyl (C=S) groups is 1. The van der Waals surface area contributed by atoms with Crippen LogP contribution in [-0.2, 0) is 0 Å². The van der Waals surface area contributed by atoms with Crippen LogP contribution in [0.5, 0.6) is 0 Å². The Labute approximate surface area is 126 Å². The highest BCUT2D eigenvalue weighted by molar-refractivity contribution is 7.80. The van der Waals surface area contributed by atoms with Crippen molar-refractivity contribution in [3.63, 3.8) is 0 Å². The van der Waals surface area contributed by atoms with E-state index in [-0.39, 0.29) is 0 Å². The van der Waals surface area contributed by atoms with Gasteiger partial charge in [0, 0.05) is 17.4 Å². The Morgan fingerprint density at radius 3 is 2.20 bits per heavy atom. The lowest BCUT2D eigenvalue weighted by Gasteiger charge is -2.30. The molecule has 0 aliphatic rings. The number of hydrogen-bond donors (Lipinski definition) is 1. The van der Waals surface area contributed by atoms with Gasteiger partial charge in [-0.3, -0.25) is 0 Å². The molecule has 0 aliphatic heterocycles. The third-order valence-electron chi connectivity index (χ3n) is 3.16. The lowest BCUT2D eigenvalue weighted by atomic mass is 10.2. The molecule has 2 rings (SSSR count). The van der Waals surface area contributed by atoms with E-state index < -0.39 is 0 Å². The molecular weight excluding hydrogens is 264 g/mol. The van der Waals surface area contributed by atoms with Crippen LogP contribution in [-0.4, -0.2) is 11.2 Å². The first-order chi connectivity index (χ1) is 9.59. The quantitative estimate of drug-likeness (QED) is 0.829. The maximum absolute atomic E-state index is 5.59. The summed E-state index contributed by atoms with van der Waals surface area (Å²) in [7, 11) is 0. The zero-order valence-corrected chi connectivity index (χ0v) is 12.9. The number of benzene rings is 2. The largest absolute Gasteiger partial charge is 0.332 e. The Balaban J connectivity index is 2.23. The van der Waals surface area contributed by atoms with Gasteiger partial charge in [-0.1, -0.05) is 36.4 Å². The fourth-order valence-electron chi connectivity index (χ4n) is 2.13. The van der Waals surface area contributed by atoms with Crippen LogP contribution in [0.2, 0.25) is 0 Å². The maximum atomic E-state index is 5.59. The number of nitrogens with one attached hydrogen (secondary N) is 1. The predicted octanol–water partition coefficient (Wildman–Crippen LogP) is 4.61. The van der Waals surface area contributed by atoms with Crippen molar-refractivity contribution in [1.29, 1.82) is 0 Å². The fourth-order valence-corrected chi connectivity index (χ4v) is 2.55. The van der Waals surface area contributed by atoms with Crippen molar-refractivity contribution in [2.45, 2.75) is 26.8 Å². The van der Waals surface area contributed by atoms with E-state index in [0.29, 0.717) is 6.04 Å². The van der Waals surface area contributed by atoms with Crippen molar-refractivity contribution in [3.8, 4) is 0 Å². The van der Waals surface area contributed by atoms with E-state index in [1.807, 2.05) is 36.4 Å². The van der Waals surface area contributed by atoms with Crippen LogP contribution in [0, 0.1) is 6.92 Å². The zero-order chi connectivity index (χ0) is 14.5. The zero-order valence-electron chi connectivity index (χ0n) is 12.1. The first-order valence-electron chi connectivity index (χ1n) is 6.80. The van der Waals surface area contributed by atoms with E-state index in [2.05, 4.69) is 49.2 Å². The second-order valence-electron chi connectivity index (χ2n) is 5.04. The van der Waals surface area contributed by atoms with E-state index in [4.69, 9.17) is 12.2 Å². The standard InChI is InChI=1S/C17H20N2S/c1-13(2)19(15-10-5-4-6-11-15)17(20)18-16-12-8-7-9-14(16)3/h4-13H,1-3H3,(H,18,20). The third-order valence-corrected chi connectivity index (χ3v) is 3.45. The lowest BCUT2D eigenvalue weighted by Crippen LogP contribution is -2.40. The average Bonchev–Trinajstić information content (AvgIpc) is 2.42. The first kappa shape index (κ1) is 14.5. The van der Waals surface area contributed by atoms with Crippen molar-refractivity contribution in [2.75, 3.05) is 10.2 Å². The molecule has 0 amide bonds. The summed E-state index contributed by atoms with van der Waals surface area (Å²) in [5.74, 6) is 0. The summed E-state index contributed by atoms with van der Waals surface area (Å²) >= 11 is 5.59. The van der Waals surface area contributed by atoms with Gasteiger partial charge in [-0.25, -0.2) is 0 Å². The van der Waals surface area contributed by atoms with E-state index in [1.165, 1.54) is 5.56 Å². The topological polar surface area (TPSA) is 15.3 Å². The van der Waals surface area contributed by atoms with Crippen LogP contribution in [0.15, 0.2) is 54.6 Å². The third kappa shape index (κ3) is 3.36. The van der Waals surface area contributed by atoms with Gasteiger partial charge >= 0.3 is 0 Å². The molecule has 1 N–H and O–H groups in total. The average molecular weight is 284 g/mol. The Hall–Kier alpha value is -1.87. The molecule has 0 fully saturated rings. The van der Waals surface area contributed by atoms with Crippen molar-refractivity contribution in [1.82, 2.24) is 0 Å². The second kappa shape index (κ2) is 6.53. The van der Waals surface area contributed by atoms with Gasteiger partial charge in [0.15, 0.2) is 5.11 Å². The highest BCUT2D eigenvalue weighted by atomic mass is 32.1. The molecule has 0 unspecified atom stereocenters. The van der Waals surface area contributed by atoms with Gasteiger partial charge in [0.05, 0.1) is 0 Å².